The van der Waals surface area contributed by atoms with Gasteiger partial charge in [-0.1, -0.05) is 30.7 Å². The van der Waals surface area contributed by atoms with Crippen molar-refractivity contribution in [2.24, 2.45) is 0 Å². The van der Waals surface area contributed by atoms with Gasteiger partial charge in [-0.2, -0.15) is 0 Å². The maximum Gasteiger partial charge on any atom is 0.262 e. The fourth-order valence-corrected chi connectivity index (χ4v) is 3.06. The van der Waals surface area contributed by atoms with E-state index >= 15 is 0 Å². The van der Waals surface area contributed by atoms with Crippen molar-refractivity contribution in [3.05, 3.63) is 88.4 Å². The van der Waals surface area contributed by atoms with Gasteiger partial charge in [-0.05, 0) is 79.1 Å². The maximum atomic E-state index is 12.4. The van der Waals surface area contributed by atoms with Crippen LogP contribution in [0.3, 0.4) is 0 Å². The van der Waals surface area contributed by atoms with Crippen LogP contribution in [0.1, 0.15) is 28.4 Å². The van der Waals surface area contributed by atoms with Gasteiger partial charge in [0.25, 0.3) is 11.8 Å². The molecular weight excluding hydrogens is 400 g/mol. The highest BCUT2D eigenvalue weighted by Gasteiger charge is 2.09. The topological polar surface area (TPSA) is 67.4 Å². The summed E-state index contributed by atoms with van der Waals surface area (Å²) in [5.74, 6) is 0.0187. The van der Waals surface area contributed by atoms with Crippen molar-refractivity contribution in [1.29, 1.82) is 0 Å². The Morgan fingerprint density at radius 2 is 1.63 bits per heavy atom. The molecule has 3 rings (SSSR count). The first kappa shape index (κ1) is 21.4. The molecule has 154 valence electrons. The van der Waals surface area contributed by atoms with Crippen LogP contribution in [0.2, 0.25) is 5.02 Å². The second-order valence-corrected chi connectivity index (χ2v) is 7.26. The lowest BCUT2D eigenvalue weighted by atomic mass is 10.1. The van der Waals surface area contributed by atoms with Gasteiger partial charge in [0.15, 0.2) is 6.61 Å². The smallest absolute Gasteiger partial charge is 0.262 e. The summed E-state index contributed by atoms with van der Waals surface area (Å²) in [4.78, 5) is 24.5. The van der Waals surface area contributed by atoms with E-state index in [9.17, 15) is 9.59 Å². The number of ether oxygens (including phenoxy) is 1. The predicted octanol–water partition coefficient (Wildman–Crippen LogP) is 5.48. The van der Waals surface area contributed by atoms with Gasteiger partial charge in [-0.15, -0.1) is 0 Å². The Kier molecular flexibility index (Phi) is 7.09. The van der Waals surface area contributed by atoms with Gasteiger partial charge in [0.05, 0.1) is 0 Å². The number of hydrogen-bond acceptors (Lipinski definition) is 3. The SMILES string of the molecule is CCc1ccc(NC(=O)COc2ccc(C(=O)Nc3ccc(Cl)cc3C)cc2)cc1. The van der Waals surface area contributed by atoms with Crippen LogP contribution in [-0.2, 0) is 11.2 Å². The third-order valence-electron chi connectivity index (χ3n) is 4.57. The normalized spacial score (nSPS) is 10.4. The van der Waals surface area contributed by atoms with Crippen molar-refractivity contribution in [1.82, 2.24) is 0 Å². The molecule has 0 fully saturated rings. The van der Waals surface area contributed by atoms with E-state index in [0.717, 1.165) is 17.7 Å². The Bertz CT molecular complexity index is 1030. The number of carbonyl (C=O) groups excluding carboxylic acids is 2. The molecule has 2 amide bonds. The van der Waals surface area contributed by atoms with Crippen molar-refractivity contribution in [3.63, 3.8) is 0 Å². The number of amides is 2. The quantitative estimate of drug-likeness (QED) is 0.529. The van der Waals surface area contributed by atoms with Gasteiger partial charge in [-0.3, -0.25) is 9.59 Å². The van der Waals surface area contributed by atoms with Gasteiger partial charge in [0.1, 0.15) is 5.75 Å². The van der Waals surface area contributed by atoms with Crippen LogP contribution >= 0.6 is 11.6 Å². The molecule has 0 saturated heterocycles. The van der Waals surface area contributed by atoms with Gasteiger partial charge >= 0.3 is 0 Å². The Morgan fingerprint density at radius 1 is 0.933 bits per heavy atom. The van der Waals surface area contributed by atoms with Crippen LogP contribution in [0.4, 0.5) is 11.4 Å². The van der Waals surface area contributed by atoms with Crippen LogP contribution in [-0.4, -0.2) is 18.4 Å². The lowest BCUT2D eigenvalue weighted by Crippen LogP contribution is -2.20. The fourth-order valence-electron chi connectivity index (χ4n) is 2.83. The van der Waals surface area contributed by atoms with E-state index in [2.05, 4.69) is 17.6 Å². The molecule has 3 aromatic rings. The zero-order valence-electron chi connectivity index (χ0n) is 16.9. The van der Waals surface area contributed by atoms with Crippen molar-refractivity contribution in [3.8, 4) is 5.75 Å². The molecule has 0 saturated carbocycles. The number of benzene rings is 3. The van der Waals surface area contributed by atoms with Gasteiger partial charge in [0, 0.05) is 22.0 Å². The molecule has 0 aliphatic rings. The van der Waals surface area contributed by atoms with Crippen molar-refractivity contribution >= 4 is 34.8 Å². The predicted molar refractivity (Wildman–Crippen MR) is 121 cm³/mol. The number of aryl methyl sites for hydroxylation is 2. The molecule has 0 unspecified atom stereocenters. The van der Waals surface area contributed by atoms with Gasteiger partial charge < -0.3 is 15.4 Å². The van der Waals surface area contributed by atoms with E-state index in [4.69, 9.17) is 16.3 Å². The summed E-state index contributed by atoms with van der Waals surface area (Å²) >= 11 is 5.94. The summed E-state index contributed by atoms with van der Waals surface area (Å²) in [5, 5.41) is 6.27. The molecule has 5 nitrogen and oxygen atoms in total. The summed E-state index contributed by atoms with van der Waals surface area (Å²) in [6.45, 7) is 3.84. The number of hydrogen-bond donors (Lipinski definition) is 2. The average molecular weight is 423 g/mol. The third-order valence-corrected chi connectivity index (χ3v) is 4.80. The third kappa shape index (κ3) is 5.84. The molecule has 0 radical (unpaired) electrons. The molecule has 0 bridgehead atoms. The number of rotatable bonds is 7. The highest BCUT2D eigenvalue weighted by Crippen LogP contribution is 2.21. The summed E-state index contributed by atoms with van der Waals surface area (Å²) in [6, 6.07) is 19.6. The van der Waals surface area contributed by atoms with Crippen LogP contribution in [0.15, 0.2) is 66.7 Å². The Hall–Kier alpha value is -3.31. The minimum absolute atomic E-state index is 0.120. The molecule has 0 atom stereocenters. The summed E-state index contributed by atoms with van der Waals surface area (Å²) in [5.41, 5.74) is 4.00. The number of carbonyl (C=O) groups is 2. The zero-order valence-corrected chi connectivity index (χ0v) is 17.6. The van der Waals surface area contributed by atoms with Crippen molar-refractivity contribution in [2.45, 2.75) is 20.3 Å². The highest BCUT2D eigenvalue weighted by molar-refractivity contribution is 6.30. The van der Waals surface area contributed by atoms with E-state index in [-0.39, 0.29) is 18.4 Å². The van der Waals surface area contributed by atoms with Gasteiger partial charge in [0.2, 0.25) is 0 Å². The molecular formula is C24H23ClN2O3. The molecule has 0 spiro atoms. The Balaban J connectivity index is 1.52. The largest absolute Gasteiger partial charge is 0.484 e. The zero-order chi connectivity index (χ0) is 21.5. The minimum Gasteiger partial charge on any atom is -0.484 e. The molecule has 0 aliphatic carbocycles. The first-order valence-corrected chi connectivity index (χ1v) is 10.0. The average Bonchev–Trinajstić information content (AvgIpc) is 2.75. The van der Waals surface area contributed by atoms with E-state index in [1.165, 1.54) is 5.56 Å². The summed E-state index contributed by atoms with van der Waals surface area (Å²) in [6.07, 6.45) is 0.949. The lowest BCUT2D eigenvalue weighted by molar-refractivity contribution is -0.118. The second kappa shape index (κ2) is 9.94. The first-order valence-electron chi connectivity index (χ1n) is 9.64. The summed E-state index contributed by atoms with van der Waals surface area (Å²) < 4.78 is 5.51. The van der Waals surface area contributed by atoms with Crippen LogP contribution in [0.5, 0.6) is 5.75 Å². The van der Waals surface area contributed by atoms with E-state index < -0.39 is 0 Å². The van der Waals surface area contributed by atoms with E-state index in [0.29, 0.717) is 22.0 Å². The van der Waals surface area contributed by atoms with E-state index in [1.807, 2.05) is 31.2 Å². The molecule has 3 aromatic carbocycles. The van der Waals surface area contributed by atoms with Crippen LogP contribution in [0, 0.1) is 6.92 Å². The Morgan fingerprint density at radius 3 is 2.27 bits per heavy atom. The number of anilines is 2. The highest BCUT2D eigenvalue weighted by atomic mass is 35.5. The lowest BCUT2D eigenvalue weighted by Gasteiger charge is -2.10. The molecule has 0 heterocycles. The number of nitrogens with one attached hydrogen (secondary N) is 2. The van der Waals surface area contributed by atoms with E-state index in [1.54, 1.807) is 42.5 Å². The van der Waals surface area contributed by atoms with Crippen molar-refractivity contribution in [2.75, 3.05) is 17.2 Å². The minimum atomic E-state index is -0.251. The van der Waals surface area contributed by atoms with Crippen molar-refractivity contribution < 1.29 is 14.3 Å². The fraction of sp³-hybridized carbons (Fsp3) is 0.167. The molecule has 30 heavy (non-hydrogen) atoms. The number of halogens is 1. The monoisotopic (exact) mass is 422 g/mol. The maximum absolute atomic E-state index is 12.4. The molecule has 0 aliphatic heterocycles. The molecule has 2 N–H and O–H groups in total. The summed E-state index contributed by atoms with van der Waals surface area (Å²) in [7, 11) is 0. The first-order chi connectivity index (χ1) is 14.4. The molecule has 6 heteroatoms. The van der Waals surface area contributed by atoms with Crippen LogP contribution < -0.4 is 15.4 Å². The second-order valence-electron chi connectivity index (χ2n) is 6.83. The standard InChI is InChI=1S/C24H23ClN2O3/c1-3-17-4-9-20(10-5-17)26-23(28)15-30-21-11-6-18(7-12-21)24(29)27-22-13-8-19(25)14-16(22)2/h4-14H,3,15H2,1-2H3,(H,26,28)(H,27,29). The molecule has 0 aromatic heterocycles. The van der Waals surface area contributed by atoms with Crippen LogP contribution in [0.25, 0.3) is 0 Å². The van der Waals surface area contributed by atoms with Gasteiger partial charge in [-0.25, -0.2) is 0 Å². The Labute approximate surface area is 181 Å².